The summed E-state index contributed by atoms with van der Waals surface area (Å²) in [7, 11) is -1.90. The first kappa shape index (κ1) is 17.3. The van der Waals surface area contributed by atoms with E-state index in [1.54, 1.807) is 55.5 Å². The van der Waals surface area contributed by atoms with Gasteiger partial charge in [-0.05, 0) is 49.4 Å². The van der Waals surface area contributed by atoms with Crippen LogP contribution in [0.25, 0.3) is 0 Å². The van der Waals surface area contributed by atoms with E-state index >= 15 is 0 Å². The highest BCUT2D eigenvalue weighted by atomic mass is 35.5. The highest BCUT2D eigenvalue weighted by Gasteiger charge is 2.17. The number of carbonyl (C=O) groups excluding carboxylic acids is 1. The molecule has 0 aliphatic heterocycles. The van der Waals surface area contributed by atoms with Crippen molar-refractivity contribution in [2.45, 2.75) is 6.92 Å². The second-order valence-corrected chi connectivity index (χ2v) is 7.60. The van der Waals surface area contributed by atoms with Crippen molar-refractivity contribution >= 4 is 38.9 Å². The van der Waals surface area contributed by atoms with Crippen LogP contribution >= 0.6 is 11.6 Å². The van der Waals surface area contributed by atoms with E-state index < -0.39 is 10.0 Å². The van der Waals surface area contributed by atoms with Crippen molar-refractivity contribution in [2.24, 2.45) is 0 Å². The van der Waals surface area contributed by atoms with Gasteiger partial charge in [0.05, 0.1) is 11.4 Å². The molecular weight excluding hydrogens is 336 g/mol. The van der Waals surface area contributed by atoms with Crippen LogP contribution in [0.15, 0.2) is 48.5 Å². The molecule has 2 aromatic carbocycles. The van der Waals surface area contributed by atoms with Gasteiger partial charge in [0.1, 0.15) is 0 Å². The second kappa shape index (κ2) is 7.02. The van der Waals surface area contributed by atoms with Gasteiger partial charge in [-0.2, -0.15) is 0 Å². The summed E-state index contributed by atoms with van der Waals surface area (Å²) in [5.74, 6) is -0.332. The van der Waals surface area contributed by atoms with Crippen LogP contribution in [0.3, 0.4) is 0 Å². The second-order valence-electron chi connectivity index (χ2n) is 4.88. The summed E-state index contributed by atoms with van der Waals surface area (Å²) in [5, 5.41) is 3.32. The van der Waals surface area contributed by atoms with Crippen molar-refractivity contribution in [2.75, 3.05) is 22.4 Å². The van der Waals surface area contributed by atoms with E-state index in [1.165, 1.54) is 11.4 Å². The summed E-state index contributed by atoms with van der Waals surface area (Å²) >= 11 is 5.80. The van der Waals surface area contributed by atoms with Crippen LogP contribution in [0.4, 0.5) is 11.4 Å². The van der Waals surface area contributed by atoms with Gasteiger partial charge in [-0.15, -0.1) is 0 Å². The average Bonchev–Trinajstić information content (AvgIpc) is 2.56. The van der Waals surface area contributed by atoms with Crippen molar-refractivity contribution in [1.29, 1.82) is 0 Å². The fourth-order valence-corrected chi connectivity index (χ4v) is 2.88. The minimum absolute atomic E-state index is 0.00923. The molecule has 5 nitrogen and oxygen atoms in total. The summed E-state index contributed by atoms with van der Waals surface area (Å²) in [6, 6.07) is 13.2. The SMILES string of the molecule is CCS(=O)(=O)N(C)c1cccc(C(=O)Nc2ccc(Cl)cc2)c1. The smallest absolute Gasteiger partial charge is 0.255 e. The molecular formula is C16H17ClN2O3S. The predicted molar refractivity (Wildman–Crippen MR) is 93.7 cm³/mol. The minimum Gasteiger partial charge on any atom is -0.322 e. The third-order valence-corrected chi connectivity index (χ3v) is 5.38. The molecule has 0 bridgehead atoms. The Kier molecular flexibility index (Phi) is 5.28. The number of halogens is 1. The van der Waals surface area contributed by atoms with E-state index in [1.807, 2.05) is 0 Å². The van der Waals surface area contributed by atoms with Gasteiger partial charge in [-0.1, -0.05) is 17.7 Å². The Morgan fingerprint density at radius 1 is 1.17 bits per heavy atom. The number of nitrogens with zero attached hydrogens (tertiary/aromatic N) is 1. The van der Waals surface area contributed by atoms with Gasteiger partial charge in [-0.25, -0.2) is 8.42 Å². The number of sulfonamides is 1. The molecule has 7 heteroatoms. The maximum Gasteiger partial charge on any atom is 0.255 e. The number of rotatable bonds is 5. The van der Waals surface area contributed by atoms with Gasteiger partial charge in [-0.3, -0.25) is 9.10 Å². The third-order valence-electron chi connectivity index (χ3n) is 3.36. The molecule has 0 atom stereocenters. The molecule has 122 valence electrons. The summed E-state index contributed by atoms with van der Waals surface area (Å²) in [4.78, 5) is 12.3. The fourth-order valence-electron chi connectivity index (χ4n) is 1.93. The number of amides is 1. The molecule has 0 spiro atoms. The van der Waals surface area contributed by atoms with Crippen LogP contribution in [0, 0.1) is 0 Å². The number of nitrogens with one attached hydrogen (secondary N) is 1. The van der Waals surface area contributed by atoms with Crippen LogP contribution < -0.4 is 9.62 Å². The number of hydrogen-bond donors (Lipinski definition) is 1. The number of carbonyl (C=O) groups is 1. The summed E-state index contributed by atoms with van der Waals surface area (Å²) in [6.07, 6.45) is 0. The molecule has 0 fully saturated rings. The van der Waals surface area contributed by atoms with Gasteiger partial charge in [0.25, 0.3) is 5.91 Å². The molecule has 0 heterocycles. The Bertz CT molecular complexity index is 804. The van der Waals surface area contributed by atoms with Gasteiger partial charge >= 0.3 is 0 Å². The lowest BCUT2D eigenvalue weighted by molar-refractivity contribution is 0.102. The van der Waals surface area contributed by atoms with E-state index in [2.05, 4.69) is 5.32 Å². The first-order valence-electron chi connectivity index (χ1n) is 6.97. The van der Waals surface area contributed by atoms with Crippen molar-refractivity contribution < 1.29 is 13.2 Å². The zero-order valence-corrected chi connectivity index (χ0v) is 14.4. The predicted octanol–water partition coefficient (Wildman–Crippen LogP) is 3.38. The summed E-state index contributed by atoms with van der Waals surface area (Å²) in [6.45, 7) is 1.57. The largest absolute Gasteiger partial charge is 0.322 e. The monoisotopic (exact) mass is 352 g/mol. The van der Waals surface area contributed by atoms with Crippen LogP contribution in [-0.4, -0.2) is 27.1 Å². The lowest BCUT2D eigenvalue weighted by Crippen LogP contribution is -2.28. The van der Waals surface area contributed by atoms with Crippen molar-refractivity contribution in [1.82, 2.24) is 0 Å². The number of benzene rings is 2. The Hall–Kier alpha value is -2.05. The van der Waals surface area contributed by atoms with E-state index in [4.69, 9.17) is 11.6 Å². The van der Waals surface area contributed by atoms with Gasteiger partial charge < -0.3 is 5.32 Å². The van der Waals surface area contributed by atoms with E-state index in [0.29, 0.717) is 22.0 Å². The summed E-state index contributed by atoms with van der Waals surface area (Å²) < 4.78 is 25.0. The molecule has 0 aliphatic carbocycles. The summed E-state index contributed by atoms with van der Waals surface area (Å²) in [5.41, 5.74) is 1.42. The molecule has 2 aromatic rings. The van der Waals surface area contributed by atoms with E-state index in [0.717, 1.165) is 0 Å². The Labute approximate surface area is 140 Å². The first-order chi connectivity index (χ1) is 10.8. The van der Waals surface area contributed by atoms with Crippen molar-refractivity contribution in [3.63, 3.8) is 0 Å². The molecule has 0 aromatic heterocycles. The van der Waals surface area contributed by atoms with Crippen LogP contribution in [0.1, 0.15) is 17.3 Å². The van der Waals surface area contributed by atoms with Crippen LogP contribution in [-0.2, 0) is 10.0 Å². The Morgan fingerprint density at radius 3 is 2.43 bits per heavy atom. The molecule has 2 rings (SSSR count). The van der Waals surface area contributed by atoms with Crippen LogP contribution in [0.5, 0.6) is 0 Å². The van der Waals surface area contributed by atoms with E-state index in [9.17, 15) is 13.2 Å². The normalized spacial score (nSPS) is 11.1. The molecule has 0 unspecified atom stereocenters. The Morgan fingerprint density at radius 2 is 1.83 bits per heavy atom. The highest BCUT2D eigenvalue weighted by molar-refractivity contribution is 7.92. The molecule has 1 N–H and O–H groups in total. The molecule has 0 radical (unpaired) electrons. The fraction of sp³-hybridized carbons (Fsp3) is 0.188. The number of hydrogen-bond acceptors (Lipinski definition) is 3. The lowest BCUT2D eigenvalue weighted by Gasteiger charge is -2.19. The molecule has 1 amide bonds. The third kappa shape index (κ3) is 4.24. The van der Waals surface area contributed by atoms with Gasteiger partial charge in [0.15, 0.2) is 0 Å². The zero-order valence-electron chi connectivity index (χ0n) is 12.8. The van der Waals surface area contributed by atoms with Crippen LogP contribution in [0.2, 0.25) is 5.02 Å². The van der Waals surface area contributed by atoms with Gasteiger partial charge in [0, 0.05) is 23.3 Å². The Balaban J connectivity index is 2.22. The molecule has 23 heavy (non-hydrogen) atoms. The highest BCUT2D eigenvalue weighted by Crippen LogP contribution is 2.20. The minimum atomic E-state index is -3.37. The van der Waals surface area contributed by atoms with Gasteiger partial charge in [0.2, 0.25) is 10.0 Å². The maximum atomic E-state index is 12.3. The van der Waals surface area contributed by atoms with Crippen molar-refractivity contribution in [3.8, 4) is 0 Å². The zero-order chi connectivity index (χ0) is 17.0. The quantitative estimate of drug-likeness (QED) is 0.897. The topological polar surface area (TPSA) is 66.5 Å². The first-order valence-corrected chi connectivity index (χ1v) is 8.96. The lowest BCUT2D eigenvalue weighted by atomic mass is 10.2. The van der Waals surface area contributed by atoms with Crippen molar-refractivity contribution in [3.05, 3.63) is 59.1 Å². The van der Waals surface area contributed by atoms with E-state index in [-0.39, 0.29) is 11.7 Å². The molecule has 0 saturated heterocycles. The molecule has 0 aliphatic rings. The molecule has 0 saturated carbocycles. The maximum absolute atomic E-state index is 12.3. The standard InChI is InChI=1S/C16H17ClN2O3S/c1-3-23(21,22)19(2)15-6-4-5-12(11-15)16(20)18-14-9-7-13(17)8-10-14/h4-11H,3H2,1-2H3,(H,18,20). The average molecular weight is 353 g/mol. The number of anilines is 2.